The minimum Gasteiger partial charge on any atom is -0.330 e. The second kappa shape index (κ2) is 5.27. The van der Waals surface area contributed by atoms with Gasteiger partial charge in [-0.2, -0.15) is 5.10 Å². The maximum Gasteiger partial charge on any atom is 0.225 e. The van der Waals surface area contributed by atoms with Crippen LogP contribution in [0.1, 0.15) is 6.42 Å². The molecule has 0 saturated carbocycles. The molecule has 88 valence electrons. The Morgan fingerprint density at radius 2 is 2.29 bits per heavy atom. The van der Waals surface area contributed by atoms with Crippen LogP contribution in [0, 0.1) is 0 Å². The molecule has 1 heterocycles. The average Bonchev–Trinajstić information content (AvgIpc) is 2.83. The molecule has 5 heteroatoms. The Bertz CT molecular complexity index is 493. The van der Waals surface area contributed by atoms with E-state index in [4.69, 9.17) is 5.73 Å². The lowest BCUT2D eigenvalue weighted by Gasteiger charge is -2.06. The molecule has 1 aromatic heterocycles. The largest absolute Gasteiger partial charge is 0.330 e. The number of hydrogen-bond acceptors (Lipinski definition) is 3. The Morgan fingerprint density at radius 3 is 3.00 bits per heavy atom. The third-order valence-electron chi connectivity index (χ3n) is 2.27. The quantitative estimate of drug-likeness (QED) is 0.827. The second-order valence-electron chi connectivity index (χ2n) is 3.59. The topological polar surface area (TPSA) is 72.9 Å². The van der Waals surface area contributed by atoms with Gasteiger partial charge in [-0.15, -0.1) is 0 Å². The Morgan fingerprint density at radius 1 is 1.41 bits per heavy atom. The molecule has 0 aliphatic rings. The van der Waals surface area contributed by atoms with Crippen LogP contribution in [-0.2, 0) is 4.79 Å². The van der Waals surface area contributed by atoms with Crippen molar-refractivity contribution in [3.63, 3.8) is 0 Å². The summed E-state index contributed by atoms with van der Waals surface area (Å²) >= 11 is 0. The van der Waals surface area contributed by atoms with Crippen molar-refractivity contribution >= 4 is 11.6 Å². The van der Waals surface area contributed by atoms with Crippen LogP contribution in [-0.4, -0.2) is 22.2 Å². The van der Waals surface area contributed by atoms with Crippen LogP contribution in [0.15, 0.2) is 42.7 Å². The minimum absolute atomic E-state index is 0.0786. The van der Waals surface area contributed by atoms with Crippen molar-refractivity contribution in [1.82, 2.24) is 9.78 Å². The second-order valence-corrected chi connectivity index (χ2v) is 3.59. The normalized spacial score (nSPS) is 10.2. The van der Waals surface area contributed by atoms with Gasteiger partial charge in [0, 0.05) is 31.0 Å². The molecule has 17 heavy (non-hydrogen) atoms. The van der Waals surface area contributed by atoms with Crippen LogP contribution >= 0.6 is 0 Å². The van der Waals surface area contributed by atoms with Gasteiger partial charge in [-0.25, -0.2) is 4.68 Å². The molecule has 0 aliphatic carbocycles. The Hall–Kier alpha value is -2.14. The molecule has 0 aliphatic heterocycles. The minimum atomic E-state index is -0.0786. The summed E-state index contributed by atoms with van der Waals surface area (Å²) in [6.45, 7) is 0.352. The summed E-state index contributed by atoms with van der Waals surface area (Å²) in [5, 5.41) is 6.91. The molecule has 0 bridgehead atoms. The van der Waals surface area contributed by atoms with Crippen molar-refractivity contribution < 1.29 is 4.79 Å². The van der Waals surface area contributed by atoms with Crippen molar-refractivity contribution in [3.8, 4) is 5.69 Å². The Balaban J connectivity index is 2.15. The molecule has 3 N–H and O–H groups in total. The lowest BCUT2D eigenvalue weighted by Crippen LogP contribution is -2.16. The van der Waals surface area contributed by atoms with Gasteiger partial charge < -0.3 is 11.1 Å². The highest BCUT2D eigenvalue weighted by atomic mass is 16.1. The van der Waals surface area contributed by atoms with Gasteiger partial charge in [0.25, 0.3) is 0 Å². The highest BCUT2D eigenvalue weighted by molar-refractivity contribution is 5.91. The summed E-state index contributed by atoms with van der Waals surface area (Å²) in [5.41, 5.74) is 6.97. The van der Waals surface area contributed by atoms with Crippen molar-refractivity contribution in [3.05, 3.63) is 42.7 Å². The van der Waals surface area contributed by atoms with Gasteiger partial charge in [0.05, 0.1) is 5.69 Å². The van der Waals surface area contributed by atoms with Gasteiger partial charge in [-0.1, -0.05) is 6.07 Å². The first-order chi connectivity index (χ1) is 8.29. The SMILES string of the molecule is NCCC(=O)Nc1cccc(-n2cccn2)c1. The zero-order chi connectivity index (χ0) is 12.1. The Kier molecular flexibility index (Phi) is 3.52. The number of carbonyl (C=O) groups excluding carboxylic acids is 1. The molecular weight excluding hydrogens is 216 g/mol. The maximum atomic E-state index is 11.4. The summed E-state index contributed by atoms with van der Waals surface area (Å²) in [6.07, 6.45) is 3.88. The van der Waals surface area contributed by atoms with Gasteiger partial charge in [-0.3, -0.25) is 4.79 Å². The molecule has 0 atom stereocenters. The summed E-state index contributed by atoms with van der Waals surface area (Å²) in [5.74, 6) is -0.0786. The van der Waals surface area contributed by atoms with E-state index in [2.05, 4.69) is 10.4 Å². The van der Waals surface area contributed by atoms with Crippen molar-refractivity contribution in [2.75, 3.05) is 11.9 Å². The fraction of sp³-hybridized carbons (Fsp3) is 0.167. The zero-order valence-corrected chi connectivity index (χ0v) is 9.34. The standard InChI is InChI=1S/C12H14N4O/c13-6-5-12(17)15-10-3-1-4-11(9-10)16-8-2-7-14-16/h1-4,7-9H,5-6,13H2,(H,15,17). The van der Waals surface area contributed by atoms with Crippen LogP contribution in [0.3, 0.4) is 0 Å². The van der Waals surface area contributed by atoms with Crippen LogP contribution < -0.4 is 11.1 Å². The fourth-order valence-corrected chi connectivity index (χ4v) is 1.50. The van der Waals surface area contributed by atoms with Crippen LogP contribution in [0.2, 0.25) is 0 Å². The monoisotopic (exact) mass is 230 g/mol. The Labute approximate surface area is 99.2 Å². The molecule has 0 unspecified atom stereocenters. The summed E-state index contributed by atoms with van der Waals surface area (Å²) < 4.78 is 1.73. The first kappa shape index (κ1) is 11.3. The van der Waals surface area contributed by atoms with E-state index < -0.39 is 0 Å². The molecule has 2 rings (SSSR count). The number of nitrogens with one attached hydrogen (secondary N) is 1. The van der Waals surface area contributed by atoms with E-state index in [1.165, 1.54) is 0 Å². The molecule has 0 spiro atoms. The fourth-order valence-electron chi connectivity index (χ4n) is 1.50. The number of benzene rings is 1. The molecule has 0 radical (unpaired) electrons. The van der Waals surface area contributed by atoms with Crippen molar-refractivity contribution in [2.24, 2.45) is 5.73 Å². The number of nitrogens with zero attached hydrogens (tertiary/aromatic N) is 2. The number of aromatic nitrogens is 2. The van der Waals surface area contributed by atoms with E-state index in [-0.39, 0.29) is 5.91 Å². The van der Waals surface area contributed by atoms with Gasteiger partial charge in [0.2, 0.25) is 5.91 Å². The van der Waals surface area contributed by atoms with Crippen LogP contribution in [0.25, 0.3) is 5.69 Å². The first-order valence-corrected chi connectivity index (χ1v) is 5.39. The first-order valence-electron chi connectivity index (χ1n) is 5.39. The lowest BCUT2D eigenvalue weighted by atomic mass is 10.2. The molecule has 2 aromatic rings. The predicted molar refractivity (Wildman–Crippen MR) is 65.9 cm³/mol. The smallest absolute Gasteiger partial charge is 0.225 e. The van der Waals surface area contributed by atoms with E-state index in [0.717, 1.165) is 11.4 Å². The molecule has 5 nitrogen and oxygen atoms in total. The third-order valence-corrected chi connectivity index (χ3v) is 2.27. The van der Waals surface area contributed by atoms with Gasteiger partial charge in [0.15, 0.2) is 0 Å². The third kappa shape index (κ3) is 2.92. The summed E-state index contributed by atoms with van der Waals surface area (Å²) in [6, 6.07) is 9.34. The van der Waals surface area contributed by atoms with E-state index in [9.17, 15) is 4.79 Å². The highest BCUT2D eigenvalue weighted by Crippen LogP contribution is 2.13. The molecule has 0 saturated heterocycles. The number of anilines is 1. The van der Waals surface area contributed by atoms with Gasteiger partial charge >= 0.3 is 0 Å². The van der Waals surface area contributed by atoms with Crippen LogP contribution in [0.4, 0.5) is 5.69 Å². The highest BCUT2D eigenvalue weighted by Gasteiger charge is 2.02. The number of hydrogen-bond donors (Lipinski definition) is 2. The predicted octanol–water partition coefficient (Wildman–Crippen LogP) is 1.16. The number of amides is 1. The number of carbonyl (C=O) groups is 1. The van der Waals surface area contributed by atoms with Crippen molar-refractivity contribution in [2.45, 2.75) is 6.42 Å². The van der Waals surface area contributed by atoms with E-state index in [1.807, 2.05) is 36.5 Å². The van der Waals surface area contributed by atoms with Crippen molar-refractivity contribution in [1.29, 1.82) is 0 Å². The van der Waals surface area contributed by atoms with E-state index in [1.54, 1.807) is 10.9 Å². The zero-order valence-electron chi connectivity index (χ0n) is 9.34. The number of nitrogens with two attached hydrogens (primary N) is 1. The molecule has 0 fully saturated rings. The average molecular weight is 230 g/mol. The van der Waals surface area contributed by atoms with Gasteiger partial charge in [0.1, 0.15) is 0 Å². The lowest BCUT2D eigenvalue weighted by molar-refractivity contribution is -0.116. The molecule has 1 aromatic carbocycles. The van der Waals surface area contributed by atoms with E-state index in [0.29, 0.717) is 13.0 Å². The summed E-state index contributed by atoms with van der Waals surface area (Å²) in [7, 11) is 0. The maximum absolute atomic E-state index is 11.4. The number of rotatable bonds is 4. The molecule has 1 amide bonds. The van der Waals surface area contributed by atoms with Gasteiger partial charge in [-0.05, 0) is 24.3 Å². The van der Waals surface area contributed by atoms with Crippen LogP contribution in [0.5, 0.6) is 0 Å². The molecular formula is C12H14N4O. The summed E-state index contributed by atoms with van der Waals surface area (Å²) in [4.78, 5) is 11.4. The van der Waals surface area contributed by atoms with E-state index >= 15 is 0 Å².